The largest absolute Gasteiger partial charge is 0.488 e. The molecule has 2 aromatic heterocycles. The van der Waals surface area contributed by atoms with Gasteiger partial charge in [-0.3, -0.25) is 9.59 Å². The Morgan fingerprint density at radius 1 is 0.803 bits per heavy atom. The third kappa shape index (κ3) is 7.38. The van der Waals surface area contributed by atoms with Crippen molar-refractivity contribution >= 4 is 45.8 Å². The van der Waals surface area contributed by atoms with Crippen LogP contribution in [0.25, 0.3) is 44.2 Å². The highest BCUT2D eigenvalue weighted by molar-refractivity contribution is 6.07. The molecular weight excluding hydrogens is 777 g/mol. The Kier molecular flexibility index (Phi) is 10.6. The number of ether oxygens (including phenoxy) is 3. The number of benzene rings is 4. The minimum atomic E-state index is -0.894. The van der Waals surface area contributed by atoms with Crippen LogP contribution in [0.1, 0.15) is 80.4 Å². The topological polar surface area (TPSA) is 184 Å². The van der Waals surface area contributed by atoms with Gasteiger partial charge in [0.15, 0.2) is 0 Å². The third-order valence-electron chi connectivity index (χ3n) is 12.2. The second kappa shape index (κ2) is 16.3. The first-order valence-electron chi connectivity index (χ1n) is 20.7. The molecule has 4 amide bonds. The molecule has 4 N–H and O–H groups in total. The fourth-order valence-electron chi connectivity index (χ4n) is 9.07. The number of aromatic amines is 2. The van der Waals surface area contributed by atoms with Gasteiger partial charge in [0.2, 0.25) is 5.91 Å². The van der Waals surface area contributed by atoms with Crippen LogP contribution in [0.5, 0.6) is 5.75 Å². The van der Waals surface area contributed by atoms with Crippen LogP contribution < -0.4 is 15.4 Å². The number of carbonyl (C=O) groups is 4. The lowest BCUT2D eigenvalue weighted by Gasteiger charge is -2.29. The maximum absolute atomic E-state index is 14.0. The summed E-state index contributed by atoms with van der Waals surface area (Å²) in [6.45, 7) is 5.29. The van der Waals surface area contributed by atoms with Crippen LogP contribution in [0.3, 0.4) is 0 Å². The molecule has 3 aliphatic heterocycles. The van der Waals surface area contributed by atoms with Gasteiger partial charge in [-0.25, -0.2) is 19.6 Å². The van der Waals surface area contributed by atoms with Gasteiger partial charge in [0, 0.05) is 24.0 Å². The number of fused-ring (bicyclic) bond motifs is 6. The molecular formula is C46H48N8O7. The Labute approximate surface area is 352 Å². The summed E-state index contributed by atoms with van der Waals surface area (Å²) in [5.74, 6) is 1.67. The van der Waals surface area contributed by atoms with Crippen LogP contribution in [-0.4, -0.2) is 87.1 Å². The average molecular weight is 825 g/mol. The number of aromatic nitrogens is 4. The second-order valence-electron chi connectivity index (χ2n) is 16.2. The monoisotopic (exact) mass is 824 g/mol. The Balaban J connectivity index is 0.954. The first-order chi connectivity index (χ1) is 29.6. The number of nitrogens with zero attached hydrogens (tertiary/aromatic N) is 4. The van der Waals surface area contributed by atoms with Gasteiger partial charge < -0.3 is 44.6 Å². The standard InChI is InChI=1S/C46H48N8O7/c1-25(2)38(51-45(57)59-3)43(55)54-19-9-13-36(54)42-48-33-17-15-27-21-32-30-16-14-28(20-29(30)24-61-37(32)22-31(27)40(33)50-42)34-23-47-41(49-34)35-12-8-18-53(35)44(56)39(52-46(58)60-4)26-10-6-5-7-11-26/h5-7,10-11,14-17,20-23,25,35-36,38-39H,8-9,12-13,18-19,24H2,1-4H3,(H,47,49)(H,48,50)(H,51,57)(H,52,58)/t35?,36-,38-,39?/m0/s1. The van der Waals surface area contributed by atoms with Gasteiger partial charge in [-0.15, -0.1) is 0 Å². The quantitative estimate of drug-likeness (QED) is 0.115. The number of methoxy groups -OCH3 is 2. The lowest BCUT2D eigenvalue weighted by atomic mass is 9.92. The highest BCUT2D eigenvalue weighted by atomic mass is 16.5. The number of likely N-dealkylation sites (tertiary alicyclic amines) is 2. The van der Waals surface area contributed by atoms with E-state index in [1.807, 2.05) is 55.1 Å². The van der Waals surface area contributed by atoms with Crippen molar-refractivity contribution in [3.8, 4) is 28.1 Å². The van der Waals surface area contributed by atoms with Gasteiger partial charge in [-0.1, -0.05) is 62.4 Å². The summed E-state index contributed by atoms with van der Waals surface area (Å²) in [4.78, 5) is 72.5. The molecule has 2 fully saturated rings. The van der Waals surface area contributed by atoms with Crippen molar-refractivity contribution < 1.29 is 33.4 Å². The lowest BCUT2D eigenvalue weighted by Crippen LogP contribution is -2.51. The van der Waals surface area contributed by atoms with E-state index in [1.54, 1.807) is 11.1 Å². The minimum Gasteiger partial charge on any atom is -0.488 e. The highest BCUT2D eigenvalue weighted by Crippen LogP contribution is 2.43. The number of carbonyl (C=O) groups excluding carboxylic acids is 4. The zero-order valence-corrected chi connectivity index (χ0v) is 34.5. The first kappa shape index (κ1) is 39.6. The molecule has 4 atom stereocenters. The predicted octanol–water partition coefficient (Wildman–Crippen LogP) is 7.47. The van der Waals surface area contributed by atoms with Crippen LogP contribution in [0.15, 0.2) is 79.0 Å². The number of amides is 4. The summed E-state index contributed by atoms with van der Waals surface area (Å²) in [6.07, 6.45) is 3.62. The van der Waals surface area contributed by atoms with E-state index >= 15 is 0 Å². The minimum absolute atomic E-state index is 0.126. The third-order valence-corrected chi connectivity index (χ3v) is 12.2. The molecule has 15 nitrogen and oxygen atoms in total. The number of hydrogen-bond acceptors (Lipinski definition) is 9. The van der Waals surface area contributed by atoms with E-state index in [-0.39, 0.29) is 29.8 Å². The molecule has 0 saturated carbocycles. The normalized spacial score (nSPS) is 18.0. The van der Waals surface area contributed by atoms with Crippen molar-refractivity contribution in [1.82, 2.24) is 40.4 Å². The van der Waals surface area contributed by atoms with E-state index < -0.39 is 24.3 Å². The lowest BCUT2D eigenvalue weighted by molar-refractivity contribution is -0.135. The fourth-order valence-corrected chi connectivity index (χ4v) is 9.07. The molecule has 61 heavy (non-hydrogen) atoms. The highest BCUT2D eigenvalue weighted by Gasteiger charge is 2.39. The zero-order valence-electron chi connectivity index (χ0n) is 34.5. The smallest absolute Gasteiger partial charge is 0.407 e. The molecule has 0 spiro atoms. The molecule has 5 heterocycles. The van der Waals surface area contributed by atoms with Crippen LogP contribution in [0, 0.1) is 5.92 Å². The SMILES string of the molecule is COC(=O)NC(C(=O)N1CCCC1c1ncc(-c2ccc3c(c2)COc2cc4c(ccc5[nH]c([C@@H]6CCCN6C(=O)[C@@H](NC(=O)OC)C(C)C)nc54)cc2-3)[nH]1)c1ccccc1. The van der Waals surface area contributed by atoms with Crippen molar-refractivity contribution in [3.63, 3.8) is 0 Å². The van der Waals surface area contributed by atoms with E-state index in [0.29, 0.717) is 36.9 Å². The Morgan fingerprint density at radius 2 is 1.52 bits per heavy atom. The second-order valence-corrected chi connectivity index (χ2v) is 16.2. The summed E-state index contributed by atoms with van der Waals surface area (Å²) >= 11 is 0. The van der Waals surface area contributed by atoms with Gasteiger partial charge >= 0.3 is 12.2 Å². The number of H-pyrrole nitrogens is 2. The Bertz CT molecular complexity index is 2660. The predicted molar refractivity (Wildman–Crippen MR) is 227 cm³/mol. The molecule has 0 bridgehead atoms. The van der Waals surface area contributed by atoms with Crippen LogP contribution in [0.4, 0.5) is 9.59 Å². The molecule has 3 aliphatic rings. The number of nitrogens with one attached hydrogen (secondary N) is 4. The van der Waals surface area contributed by atoms with Gasteiger partial charge in [-0.05, 0) is 83.5 Å². The molecule has 2 saturated heterocycles. The van der Waals surface area contributed by atoms with Crippen molar-refractivity contribution in [1.29, 1.82) is 0 Å². The molecule has 314 valence electrons. The maximum atomic E-state index is 14.0. The van der Waals surface area contributed by atoms with Gasteiger partial charge in [-0.2, -0.15) is 0 Å². The van der Waals surface area contributed by atoms with Crippen molar-refractivity contribution in [2.45, 2.75) is 70.3 Å². The molecule has 15 heteroatoms. The van der Waals surface area contributed by atoms with E-state index in [9.17, 15) is 19.2 Å². The first-order valence-corrected chi connectivity index (χ1v) is 20.7. The number of imidazole rings is 2. The van der Waals surface area contributed by atoms with Crippen molar-refractivity contribution in [2.24, 2.45) is 5.92 Å². The number of alkyl carbamates (subject to hydrolysis) is 2. The van der Waals surface area contributed by atoms with E-state index in [4.69, 9.17) is 24.2 Å². The maximum Gasteiger partial charge on any atom is 0.407 e. The zero-order chi connectivity index (χ0) is 42.4. The van der Waals surface area contributed by atoms with Gasteiger partial charge in [0.25, 0.3) is 5.91 Å². The van der Waals surface area contributed by atoms with Crippen LogP contribution >= 0.6 is 0 Å². The average Bonchev–Trinajstić information content (AvgIpc) is 4.13. The molecule has 4 aromatic carbocycles. The van der Waals surface area contributed by atoms with E-state index in [1.165, 1.54) is 14.2 Å². The van der Waals surface area contributed by atoms with Crippen LogP contribution in [-0.2, 0) is 25.7 Å². The number of hydrogen-bond donors (Lipinski definition) is 4. The molecule has 0 aliphatic carbocycles. The summed E-state index contributed by atoms with van der Waals surface area (Å²) in [6, 6.07) is 21.6. The molecule has 2 unspecified atom stereocenters. The van der Waals surface area contributed by atoms with Crippen molar-refractivity contribution in [3.05, 3.63) is 102 Å². The van der Waals surface area contributed by atoms with Crippen molar-refractivity contribution in [2.75, 3.05) is 27.3 Å². The Hall–Kier alpha value is -6.90. The summed E-state index contributed by atoms with van der Waals surface area (Å²) < 4.78 is 16.1. The summed E-state index contributed by atoms with van der Waals surface area (Å²) in [5, 5.41) is 7.39. The number of rotatable bonds is 9. The van der Waals surface area contributed by atoms with E-state index in [2.05, 4.69) is 57.0 Å². The van der Waals surface area contributed by atoms with Crippen LogP contribution in [0.2, 0.25) is 0 Å². The Morgan fingerprint density at radius 3 is 2.26 bits per heavy atom. The molecule has 9 rings (SSSR count). The molecule has 0 radical (unpaired) electrons. The van der Waals surface area contributed by atoms with E-state index in [0.717, 1.165) is 81.2 Å². The van der Waals surface area contributed by atoms with Gasteiger partial charge in [0.05, 0.1) is 49.2 Å². The molecule has 6 aromatic rings. The van der Waals surface area contributed by atoms with Gasteiger partial charge in [0.1, 0.15) is 36.1 Å². The fraction of sp³-hybridized carbons (Fsp3) is 0.348. The summed E-state index contributed by atoms with van der Waals surface area (Å²) in [5.41, 5.74) is 7.22. The summed E-state index contributed by atoms with van der Waals surface area (Å²) in [7, 11) is 2.57.